The second kappa shape index (κ2) is 4.60. The molecule has 13 heavy (non-hydrogen) atoms. The van der Waals surface area contributed by atoms with Gasteiger partial charge in [0, 0.05) is 10.7 Å². The van der Waals surface area contributed by atoms with E-state index in [-0.39, 0.29) is 5.91 Å². The molecule has 0 heterocycles. The summed E-state index contributed by atoms with van der Waals surface area (Å²) in [6, 6.07) is 1.97. The molecule has 1 aromatic rings. The first-order chi connectivity index (χ1) is 5.95. The maximum Gasteiger partial charge on any atom is 0.250 e. The number of primary amides is 1. The van der Waals surface area contributed by atoms with Gasteiger partial charge in [-0.25, -0.2) is 0 Å². The SMILES string of the molecule is Cc1c(I)cc(I)c(C(N)=O)c1I. The van der Waals surface area contributed by atoms with E-state index in [4.69, 9.17) is 5.73 Å². The number of hydrogen-bond donors (Lipinski definition) is 1. The third-order valence-electron chi connectivity index (χ3n) is 1.65. The smallest absolute Gasteiger partial charge is 0.250 e. The number of rotatable bonds is 1. The van der Waals surface area contributed by atoms with Crippen molar-refractivity contribution in [1.82, 2.24) is 0 Å². The molecular formula is C8H6I3NO. The van der Waals surface area contributed by atoms with Crippen LogP contribution in [-0.4, -0.2) is 5.91 Å². The molecule has 0 radical (unpaired) electrons. The van der Waals surface area contributed by atoms with Crippen LogP contribution in [0.15, 0.2) is 6.07 Å². The van der Waals surface area contributed by atoms with Crippen molar-refractivity contribution in [1.29, 1.82) is 0 Å². The lowest BCUT2D eigenvalue weighted by molar-refractivity contribution is 0.0998. The Morgan fingerprint density at radius 2 is 1.85 bits per heavy atom. The van der Waals surface area contributed by atoms with Gasteiger partial charge in [-0.15, -0.1) is 0 Å². The molecule has 0 saturated heterocycles. The van der Waals surface area contributed by atoms with Crippen molar-refractivity contribution in [2.24, 2.45) is 5.73 Å². The molecule has 0 aliphatic heterocycles. The highest BCUT2D eigenvalue weighted by Crippen LogP contribution is 2.26. The van der Waals surface area contributed by atoms with Crippen LogP contribution in [0.2, 0.25) is 0 Å². The number of carbonyl (C=O) groups is 1. The Morgan fingerprint density at radius 3 is 2.31 bits per heavy atom. The molecule has 0 spiro atoms. The van der Waals surface area contributed by atoms with Crippen LogP contribution >= 0.6 is 67.8 Å². The quantitative estimate of drug-likeness (QED) is 0.578. The van der Waals surface area contributed by atoms with Gasteiger partial charge < -0.3 is 5.73 Å². The molecule has 0 aliphatic carbocycles. The summed E-state index contributed by atoms with van der Waals surface area (Å²) in [5.41, 5.74) is 7.04. The molecule has 0 unspecified atom stereocenters. The average molecular weight is 513 g/mol. The lowest BCUT2D eigenvalue weighted by atomic mass is 10.1. The zero-order valence-electron chi connectivity index (χ0n) is 6.70. The van der Waals surface area contributed by atoms with Crippen LogP contribution in [0.4, 0.5) is 0 Å². The van der Waals surface area contributed by atoms with E-state index >= 15 is 0 Å². The van der Waals surface area contributed by atoms with Crippen LogP contribution in [0.25, 0.3) is 0 Å². The maximum atomic E-state index is 11.1. The average Bonchev–Trinajstić information content (AvgIpc) is 1.99. The van der Waals surface area contributed by atoms with Crippen LogP contribution in [0, 0.1) is 17.6 Å². The zero-order valence-corrected chi connectivity index (χ0v) is 13.2. The Labute approximate surface area is 117 Å². The van der Waals surface area contributed by atoms with E-state index in [0.717, 1.165) is 16.3 Å². The van der Waals surface area contributed by atoms with Crippen LogP contribution in [-0.2, 0) is 0 Å². The summed E-state index contributed by atoms with van der Waals surface area (Å²) >= 11 is 6.55. The summed E-state index contributed by atoms with van der Waals surface area (Å²) in [7, 11) is 0. The largest absolute Gasteiger partial charge is 0.366 e. The van der Waals surface area contributed by atoms with Crippen LogP contribution in [0.1, 0.15) is 15.9 Å². The van der Waals surface area contributed by atoms with Crippen molar-refractivity contribution in [3.63, 3.8) is 0 Å². The van der Waals surface area contributed by atoms with Crippen molar-refractivity contribution in [3.05, 3.63) is 27.9 Å². The van der Waals surface area contributed by atoms with Gasteiger partial charge in [-0.05, 0) is 86.3 Å². The summed E-state index contributed by atoms with van der Waals surface area (Å²) in [6.07, 6.45) is 0. The molecular weight excluding hydrogens is 507 g/mol. The maximum absolute atomic E-state index is 11.1. The fourth-order valence-electron chi connectivity index (χ4n) is 0.915. The second-order valence-electron chi connectivity index (χ2n) is 2.52. The van der Waals surface area contributed by atoms with Gasteiger partial charge in [-0.1, -0.05) is 0 Å². The molecule has 0 aliphatic rings. The third-order valence-corrected chi connectivity index (χ3v) is 4.97. The third kappa shape index (κ3) is 2.46. The molecule has 0 aromatic heterocycles. The zero-order chi connectivity index (χ0) is 10.2. The van der Waals surface area contributed by atoms with Crippen molar-refractivity contribution < 1.29 is 4.79 Å². The van der Waals surface area contributed by atoms with Crippen LogP contribution in [0.3, 0.4) is 0 Å². The van der Waals surface area contributed by atoms with E-state index in [2.05, 4.69) is 67.8 Å². The van der Waals surface area contributed by atoms with Gasteiger partial charge in [0.2, 0.25) is 0 Å². The van der Waals surface area contributed by atoms with E-state index < -0.39 is 0 Å². The molecule has 2 nitrogen and oxygen atoms in total. The highest BCUT2D eigenvalue weighted by molar-refractivity contribution is 14.1. The number of halogens is 3. The van der Waals surface area contributed by atoms with Crippen molar-refractivity contribution in [2.75, 3.05) is 0 Å². The number of nitrogens with two attached hydrogens (primary N) is 1. The Kier molecular flexibility index (Phi) is 4.23. The summed E-state index contributed by atoms with van der Waals surface area (Å²) in [5, 5.41) is 0. The summed E-state index contributed by atoms with van der Waals surface area (Å²) in [4.78, 5) is 11.1. The highest BCUT2D eigenvalue weighted by Gasteiger charge is 2.14. The van der Waals surface area contributed by atoms with Crippen LogP contribution in [0.5, 0.6) is 0 Å². The molecule has 0 fully saturated rings. The molecule has 2 N–H and O–H groups in total. The standard InChI is InChI=1S/C8H6I3NO/c1-3-4(9)2-5(10)6(7(3)11)8(12)13/h2H,1H3,(H2,12,13). The molecule has 0 atom stereocenters. The van der Waals surface area contributed by atoms with Gasteiger partial charge in [-0.2, -0.15) is 0 Å². The summed E-state index contributed by atoms with van der Waals surface area (Å²) in [5.74, 6) is -0.353. The van der Waals surface area contributed by atoms with Gasteiger partial charge in [0.1, 0.15) is 0 Å². The summed E-state index contributed by atoms with van der Waals surface area (Å²) < 4.78 is 3.04. The molecule has 1 aromatic carbocycles. The lowest BCUT2D eigenvalue weighted by Crippen LogP contribution is -2.16. The lowest BCUT2D eigenvalue weighted by Gasteiger charge is -2.08. The number of amides is 1. The van der Waals surface area contributed by atoms with E-state index in [1.807, 2.05) is 13.0 Å². The highest BCUT2D eigenvalue weighted by atomic mass is 127. The minimum Gasteiger partial charge on any atom is -0.366 e. The molecule has 1 rings (SSSR count). The minimum atomic E-state index is -0.353. The first kappa shape index (κ1) is 12.0. The van der Waals surface area contributed by atoms with E-state index in [1.54, 1.807) is 0 Å². The van der Waals surface area contributed by atoms with Gasteiger partial charge in [0.15, 0.2) is 0 Å². The van der Waals surface area contributed by atoms with Crippen molar-refractivity contribution >= 4 is 73.7 Å². The fourth-order valence-corrected chi connectivity index (χ4v) is 4.82. The summed E-state index contributed by atoms with van der Waals surface area (Å²) in [6.45, 7) is 1.99. The van der Waals surface area contributed by atoms with Gasteiger partial charge >= 0.3 is 0 Å². The molecule has 1 amide bonds. The van der Waals surface area contributed by atoms with Gasteiger partial charge in [0.05, 0.1) is 5.56 Å². The number of carbonyl (C=O) groups excluding carboxylic acids is 1. The Balaban J connectivity index is 3.53. The topological polar surface area (TPSA) is 43.1 Å². The number of benzene rings is 1. The molecule has 0 saturated carbocycles. The van der Waals surface area contributed by atoms with Crippen molar-refractivity contribution in [2.45, 2.75) is 6.92 Å². The monoisotopic (exact) mass is 513 g/mol. The Hall–Kier alpha value is 0.880. The first-order valence-corrected chi connectivity index (χ1v) is 6.62. The van der Waals surface area contributed by atoms with E-state index in [1.165, 1.54) is 0 Å². The Morgan fingerprint density at radius 1 is 1.31 bits per heavy atom. The van der Waals surface area contributed by atoms with Crippen LogP contribution < -0.4 is 5.73 Å². The predicted octanol–water partition coefficient (Wildman–Crippen LogP) is 2.91. The molecule has 0 bridgehead atoms. The number of hydrogen-bond acceptors (Lipinski definition) is 1. The van der Waals surface area contributed by atoms with Crippen molar-refractivity contribution in [3.8, 4) is 0 Å². The molecule has 70 valence electrons. The normalized spacial score (nSPS) is 10.2. The van der Waals surface area contributed by atoms with E-state index in [0.29, 0.717) is 5.56 Å². The molecule has 5 heteroatoms. The fraction of sp³-hybridized carbons (Fsp3) is 0.125. The Bertz CT molecular complexity index is 376. The second-order valence-corrected chi connectivity index (χ2v) is 5.92. The van der Waals surface area contributed by atoms with Gasteiger partial charge in [0.25, 0.3) is 5.91 Å². The van der Waals surface area contributed by atoms with Gasteiger partial charge in [-0.3, -0.25) is 4.79 Å². The predicted molar refractivity (Wildman–Crippen MR) is 77.8 cm³/mol. The first-order valence-electron chi connectivity index (χ1n) is 3.39. The van der Waals surface area contributed by atoms with E-state index in [9.17, 15) is 4.79 Å². The minimum absolute atomic E-state index is 0.353.